The van der Waals surface area contributed by atoms with E-state index in [1.807, 2.05) is 6.08 Å². The van der Waals surface area contributed by atoms with Gasteiger partial charge in [0.15, 0.2) is 0 Å². The van der Waals surface area contributed by atoms with Crippen molar-refractivity contribution in [2.24, 2.45) is 0 Å². The van der Waals surface area contributed by atoms with Gasteiger partial charge in [-0.15, -0.1) is 6.58 Å². The van der Waals surface area contributed by atoms with Crippen LogP contribution in [0.2, 0.25) is 0 Å². The van der Waals surface area contributed by atoms with Gasteiger partial charge in [-0.05, 0) is 26.8 Å². The zero-order valence-corrected chi connectivity index (χ0v) is 10.0. The van der Waals surface area contributed by atoms with E-state index < -0.39 is 0 Å². The first-order chi connectivity index (χ1) is 7.25. The minimum absolute atomic E-state index is 0.577. The Morgan fingerprint density at radius 1 is 1.53 bits per heavy atom. The molecule has 0 amide bonds. The van der Waals surface area contributed by atoms with Crippen molar-refractivity contribution in [3.05, 3.63) is 12.7 Å². The summed E-state index contributed by atoms with van der Waals surface area (Å²) in [7, 11) is 2.22. The number of nitrogens with one attached hydrogen (secondary N) is 1. The Morgan fingerprint density at radius 2 is 2.20 bits per heavy atom. The van der Waals surface area contributed by atoms with Gasteiger partial charge < -0.3 is 10.1 Å². The van der Waals surface area contributed by atoms with Gasteiger partial charge in [-0.1, -0.05) is 6.08 Å². The summed E-state index contributed by atoms with van der Waals surface area (Å²) in [5.74, 6) is 0. The Kier molecular flexibility index (Phi) is 5.91. The number of nitrogens with zero attached hydrogens (tertiary/aromatic N) is 1. The largest absolute Gasteiger partial charge is 0.381 e. The molecule has 0 saturated carbocycles. The van der Waals surface area contributed by atoms with Crippen molar-refractivity contribution in [2.45, 2.75) is 31.8 Å². The van der Waals surface area contributed by atoms with Crippen LogP contribution in [0.25, 0.3) is 0 Å². The molecule has 1 atom stereocenters. The number of likely N-dealkylation sites (N-methyl/N-ethyl adjacent to an activating group) is 1. The van der Waals surface area contributed by atoms with Crippen molar-refractivity contribution in [1.82, 2.24) is 10.2 Å². The Labute approximate surface area is 93.5 Å². The summed E-state index contributed by atoms with van der Waals surface area (Å²) in [6.07, 6.45) is 4.24. The van der Waals surface area contributed by atoms with Crippen LogP contribution in [-0.4, -0.2) is 50.3 Å². The van der Waals surface area contributed by atoms with E-state index in [1.54, 1.807) is 0 Å². The van der Waals surface area contributed by atoms with Crippen molar-refractivity contribution in [2.75, 3.05) is 33.4 Å². The first-order valence-electron chi connectivity index (χ1n) is 5.87. The van der Waals surface area contributed by atoms with Crippen molar-refractivity contribution in [1.29, 1.82) is 0 Å². The number of hydrogen-bond acceptors (Lipinski definition) is 3. The molecular weight excluding hydrogens is 188 g/mol. The molecule has 1 unspecified atom stereocenters. The number of hydrogen-bond donors (Lipinski definition) is 1. The molecule has 0 bridgehead atoms. The summed E-state index contributed by atoms with van der Waals surface area (Å²) in [6, 6.07) is 1.27. The lowest BCUT2D eigenvalue weighted by Gasteiger charge is -2.35. The standard InChI is InChI=1S/C12H24N2O/c1-4-7-13-10-11(2)14(3)12-5-8-15-9-6-12/h4,11-13H,1,5-10H2,2-3H3. The van der Waals surface area contributed by atoms with Crippen molar-refractivity contribution in [3.8, 4) is 0 Å². The summed E-state index contributed by atoms with van der Waals surface area (Å²) in [5, 5.41) is 3.36. The fraction of sp³-hybridized carbons (Fsp3) is 0.833. The van der Waals surface area contributed by atoms with Gasteiger partial charge in [0.05, 0.1) is 0 Å². The highest BCUT2D eigenvalue weighted by Gasteiger charge is 2.21. The molecule has 1 aliphatic rings. The molecule has 0 spiro atoms. The maximum absolute atomic E-state index is 5.37. The highest BCUT2D eigenvalue weighted by atomic mass is 16.5. The first-order valence-corrected chi connectivity index (χ1v) is 5.87. The molecule has 1 fully saturated rings. The van der Waals surface area contributed by atoms with E-state index in [0.29, 0.717) is 12.1 Å². The molecule has 0 aromatic heterocycles. The fourth-order valence-corrected chi connectivity index (χ4v) is 1.99. The summed E-state index contributed by atoms with van der Waals surface area (Å²) < 4.78 is 5.37. The maximum atomic E-state index is 5.37. The van der Waals surface area contributed by atoms with Crippen molar-refractivity contribution >= 4 is 0 Å². The minimum Gasteiger partial charge on any atom is -0.381 e. The fourth-order valence-electron chi connectivity index (χ4n) is 1.99. The molecule has 15 heavy (non-hydrogen) atoms. The van der Waals surface area contributed by atoms with Crippen LogP contribution >= 0.6 is 0 Å². The third kappa shape index (κ3) is 4.33. The lowest BCUT2D eigenvalue weighted by Crippen LogP contribution is -2.46. The van der Waals surface area contributed by atoms with Crippen LogP contribution in [0.5, 0.6) is 0 Å². The van der Waals surface area contributed by atoms with Crippen molar-refractivity contribution in [3.63, 3.8) is 0 Å². The summed E-state index contributed by atoms with van der Waals surface area (Å²) >= 11 is 0. The Hall–Kier alpha value is -0.380. The van der Waals surface area contributed by atoms with Gasteiger partial charge in [-0.25, -0.2) is 0 Å². The van der Waals surface area contributed by atoms with Crippen LogP contribution in [0.1, 0.15) is 19.8 Å². The molecule has 88 valence electrons. The molecular formula is C12H24N2O. The normalized spacial score (nSPS) is 20.5. The Balaban J connectivity index is 2.23. The second-order valence-corrected chi connectivity index (χ2v) is 4.30. The van der Waals surface area contributed by atoms with Gasteiger partial charge in [-0.2, -0.15) is 0 Å². The Bertz CT molecular complexity index is 178. The van der Waals surface area contributed by atoms with Gasteiger partial charge in [0, 0.05) is 38.4 Å². The number of rotatable bonds is 6. The molecule has 3 nitrogen and oxygen atoms in total. The van der Waals surface area contributed by atoms with Gasteiger partial charge in [0.25, 0.3) is 0 Å². The number of ether oxygens (including phenoxy) is 1. The van der Waals surface area contributed by atoms with Gasteiger partial charge >= 0.3 is 0 Å². The van der Waals surface area contributed by atoms with E-state index in [9.17, 15) is 0 Å². The zero-order chi connectivity index (χ0) is 11.1. The van der Waals surface area contributed by atoms with Crippen LogP contribution in [-0.2, 0) is 4.74 Å². The van der Waals surface area contributed by atoms with Crippen LogP contribution < -0.4 is 5.32 Å². The second-order valence-electron chi connectivity index (χ2n) is 4.30. The topological polar surface area (TPSA) is 24.5 Å². The molecule has 0 aliphatic carbocycles. The van der Waals surface area contributed by atoms with Crippen LogP contribution in [0.15, 0.2) is 12.7 Å². The zero-order valence-electron chi connectivity index (χ0n) is 10.0. The smallest absolute Gasteiger partial charge is 0.0480 e. The second kappa shape index (κ2) is 6.99. The highest BCUT2D eigenvalue weighted by Crippen LogP contribution is 2.14. The molecule has 3 heteroatoms. The van der Waals surface area contributed by atoms with E-state index >= 15 is 0 Å². The SMILES string of the molecule is C=CCNCC(C)N(C)C1CCOCC1. The maximum Gasteiger partial charge on any atom is 0.0480 e. The summed E-state index contributed by atoms with van der Waals surface area (Å²) in [6.45, 7) is 9.73. The lowest BCUT2D eigenvalue weighted by atomic mass is 10.1. The van der Waals surface area contributed by atoms with Gasteiger partial charge in [0.2, 0.25) is 0 Å². The van der Waals surface area contributed by atoms with Crippen molar-refractivity contribution < 1.29 is 4.74 Å². The molecule has 0 radical (unpaired) electrons. The van der Waals surface area contributed by atoms with E-state index in [4.69, 9.17) is 4.74 Å². The van der Waals surface area contributed by atoms with E-state index in [-0.39, 0.29) is 0 Å². The van der Waals surface area contributed by atoms with Gasteiger partial charge in [0.1, 0.15) is 0 Å². The summed E-state index contributed by atoms with van der Waals surface area (Å²) in [4.78, 5) is 2.47. The molecule has 1 heterocycles. The van der Waals surface area contributed by atoms with Gasteiger partial charge in [-0.3, -0.25) is 4.90 Å². The monoisotopic (exact) mass is 212 g/mol. The van der Waals surface area contributed by atoms with E-state index in [1.165, 1.54) is 12.8 Å². The average Bonchev–Trinajstić information content (AvgIpc) is 2.29. The minimum atomic E-state index is 0.577. The predicted octanol–water partition coefficient (Wildman–Crippen LogP) is 1.26. The molecule has 0 aromatic rings. The van der Waals surface area contributed by atoms with Crippen LogP contribution in [0.3, 0.4) is 0 Å². The highest BCUT2D eigenvalue weighted by molar-refractivity contribution is 4.78. The average molecular weight is 212 g/mol. The first kappa shape index (κ1) is 12.7. The third-order valence-electron chi connectivity index (χ3n) is 3.19. The lowest BCUT2D eigenvalue weighted by molar-refractivity contribution is 0.0313. The van der Waals surface area contributed by atoms with E-state index in [2.05, 4.69) is 30.8 Å². The quantitative estimate of drug-likeness (QED) is 0.530. The molecule has 1 aliphatic heterocycles. The van der Waals surface area contributed by atoms with Crippen LogP contribution in [0, 0.1) is 0 Å². The Morgan fingerprint density at radius 3 is 2.80 bits per heavy atom. The van der Waals surface area contributed by atoms with Crippen LogP contribution in [0.4, 0.5) is 0 Å². The molecule has 1 rings (SSSR count). The molecule has 0 aromatic carbocycles. The molecule has 1 N–H and O–H groups in total. The van der Waals surface area contributed by atoms with E-state index in [0.717, 1.165) is 26.3 Å². The summed E-state index contributed by atoms with van der Waals surface area (Å²) in [5.41, 5.74) is 0. The molecule has 1 saturated heterocycles. The third-order valence-corrected chi connectivity index (χ3v) is 3.19. The predicted molar refractivity (Wildman–Crippen MR) is 64.1 cm³/mol.